The predicted octanol–water partition coefficient (Wildman–Crippen LogP) is 4.02. The SMILES string of the molecule is CCCCN(C(=O)CSc1ncc(-c2ccccc2)n1CC(F)(F)F)C1CCS(=O)(=O)C1. The number of nitrogens with zero attached hydrogens (tertiary/aromatic N) is 3. The minimum atomic E-state index is -4.45. The topological polar surface area (TPSA) is 72.3 Å². The summed E-state index contributed by atoms with van der Waals surface area (Å²) < 4.78 is 64.6. The van der Waals surface area contributed by atoms with E-state index < -0.39 is 22.6 Å². The van der Waals surface area contributed by atoms with Crippen molar-refractivity contribution in [2.24, 2.45) is 0 Å². The van der Waals surface area contributed by atoms with Crippen LogP contribution < -0.4 is 0 Å². The summed E-state index contributed by atoms with van der Waals surface area (Å²) in [5.74, 6) is -0.401. The van der Waals surface area contributed by atoms with Crippen LogP contribution in [0.1, 0.15) is 26.2 Å². The number of alkyl halides is 3. The van der Waals surface area contributed by atoms with E-state index in [0.29, 0.717) is 24.2 Å². The number of sulfone groups is 1. The van der Waals surface area contributed by atoms with Gasteiger partial charge in [0, 0.05) is 12.6 Å². The molecule has 1 aliphatic rings. The summed E-state index contributed by atoms with van der Waals surface area (Å²) in [7, 11) is -3.16. The molecule has 6 nitrogen and oxygen atoms in total. The molecule has 1 aromatic carbocycles. The Kier molecular flexibility index (Phi) is 7.92. The monoisotopic (exact) mass is 489 g/mol. The highest BCUT2D eigenvalue weighted by Crippen LogP contribution is 2.30. The first-order valence-corrected chi connectivity index (χ1v) is 13.2. The Morgan fingerprint density at radius 1 is 1.28 bits per heavy atom. The van der Waals surface area contributed by atoms with Crippen molar-refractivity contribution in [2.45, 2.75) is 50.1 Å². The van der Waals surface area contributed by atoms with E-state index in [1.165, 1.54) is 6.20 Å². The van der Waals surface area contributed by atoms with Crippen molar-refractivity contribution in [2.75, 3.05) is 23.8 Å². The molecule has 1 aliphatic heterocycles. The average Bonchev–Trinajstić information content (AvgIpc) is 3.28. The Morgan fingerprint density at radius 2 is 2.00 bits per heavy atom. The van der Waals surface area contributed by atoms with Gasteiger partial charge in [0.15, 0.2) is 15.0 Å². The van der Waals surface area contributed by atoms with Crippen LogP contribution in [0.15, 0.2) is 41.7 Å². The maximum Gasteiger partial charge on any atom is 0.406 e. The van der Waals surface area contributed by atoms with E-state index in [9.17, 15) is 26.4 Å². The molecular formula is C21H26F3N3O3S2. The van der Waals surface area contributed by atoms with Crippen molar-refractivity contribution in [1.82, 2.24) is 14.5 Å². The number of carbonyl (C=O) groups is 1. The molecule has 1 fully saturated rings. The average molecular weight is 490 g/mol. The van der Waals surface area contributed by atoms with Gasteiger partial charge in [-0.1, -0.05) is 55.4 Å². The number of unbranched alkanes of at least 4 members (excludes halogenated alkanes) is 1. The van der Waals surface area contributed by atoms with Gasteiger partial charge in [-0.25, -0.2) is 13.4 Å². The van der Waals surface area contributed by atoms with Gasteiger partial charge in [0.25, 0.3) is 0 Å². The molecule has 1 amide bonds. The molecule has 1 atom stereocenters. The smallest absolute Gasteiger partial charge is 0.338 e. The van der Waals surface area contributed by atoms with Gasteiger partial charge in [-0.3, -0.25) is 4.79 Å². The third-order valence-electron chi connectivity index (χ3n) is 5.27. The van der Waals surface area contributed by atoms with Gasteiger partial charge in [-0.15, -0.1) is 0 Å². The highest BCUT2D eigenvalue weighted by Gasteiger charge is 2.35. The van der Waals surface area contributed by atoms with Crippen LogP contribution in [0.25, 0.3) is 11.3 Å². The lowest BCUT2D eigenvalue weighted by molar-refractivity contribution is -0.141. The molecule has 1 aromatic heterocycles. The fourth-order valence-corrected chi connectivity index (χ4v) is 6.31. The maximum absolute atomic E-state index is 13.2. The molecule has 1 unspecified atom stereocenters. The van der Waals surface area contributed by atoms with Crippen LogP contribution in [0.2, 0.25) is 0 Å². The first-order chi connectivity index (χ1) is 15.1. The third-order valence-corrected chi connectivity index (χ3v) is 8.00. The Balaban J connectivity index is 1.78. The van der Waals surface area contributed by atoms with Crippen LogP contribution >= 0.6 is 11.8 Å². The Labute approximate surface area is 190 Å². The summed E-state index contributed by atoms with van der Waals surface area (Å²) >= 11 is 0.943. The molecule has 0 spiro atoms. The van der Waals surface area contributed by atoms with Crippen LogP contribution in [-0.4, -0.2) is 64.8 Å². The molecule has 176 valence electrons. The lowest BCUT2D eigenvalue weighted by Crippen LogP contribution is -2.42. The van der Waals surface area contributed by atoms with Crippen molar-refractivity contribution in [1.29, 1.82) is 0 Å². The Bertz CT molecular complexity index is 1020. The molecule has 0 saturated carbocycles. The van der Waals surface area contributed by atoms with Crippen molar-refractivity contribution in [3.05, 3.63) is 36.5 Å². The van der Waals surface area contributed by atoms with Crippen molar-refractivity contribution in [3.63, 3.8) is 0 Å². The number of hydrogen-bond acceptors (Lipinski definition) is 5. The molecule has 0 aliphatic carbocycles. The molecule has 32 heavy (non-hydrogen) atoms. The van der Waals surface area contributed by atoms with E-state index in [1.807, 2.05) is 6.92 Å². The summed E-state index contributed by atoms with van der Waals surface area (Å²) in [5, 5.41) is 0.101. The number of hydrogen-bond donors (Lipinski definition) is 0. The number of rotatable bonds is 9. The molecule has 11 heteroatoms. The molecule has 3 rings (SSSR count). The summed E-state index contributed by atoms with van der Waals surface area (Å²) in [6.07, 6.45) is -1.11. The zero-order valence-corrected chi connectivity index (χ0v) is 19.3. The standard InChI is InChI=1S/C21H26F3N3O3S2/c1-2-3-10-26(17-9-11-32(29,30)14-17)19(28)13-31-20-25-12-18(16-7-5-4-6-8-16)27(20)15-21(22,23)24/h4-8,12,17H,2-3,9-11,13-15H2,1H3. The second kappa shape index (κ2) is 10.3. The van der Waals surface area contributed by atoms with E-state index in [0.717, 1.165) is 29.2 Å². The number of benzene rings is 1. The highest BCUT2D eigenvalue weighted by molar-refractivity contribution is 7.99. The van der Waals surface area contributed by atoms with Crippen LogP contribution in [0.4, 0.5) is 13.2 Å². The first-order valence-electron chi connectivity index (χ1n) is 10.4. The van der Waals surface area contributed by atoms with E-state index in [-0.39, 0.29) is 34.4 Å². The van der Waals surface area contributed by atoms with Crippen LogP contribution in [-0.2, 0) is 21.2 Å². The fourth-order valence-electron chi connectivity index (χ4n) is 3.72. The third kappa shape index (κ3) is 6.50. The number of carbonyl (C=O) groups excluding carboxylic acids is 1. The lowest BCUT2D eigenvalue weighted by atomic mass is 10.2. The number of thioether (sulfide) groups is 1. The van der Waals surface area contributed by atoms with Gasteiger partial charge < -0.3 is 9.47 Å². The zero-order valence-electron chi connectivity index (χ0n) is 17.7. The van der Waals surface area contributed by atoms with Gasteiger partial charge in [0.1, 0.15) is 6.54 Å². The van der Waals surface area contributed by atoms with E-state index in [4.69, 9.17) is 0 Å². The predicted molar refractivity (Wildman–Crippen MR) is 118 cm³/mol. The number of halogens is 3. The number of amides is 1. The van der Waals surface area contributed by atoms with E-state index in [2.05, 4.69) is 4.98 Å². The van der Waals surface area contributed by atoms with Crippen LogP contribution in [0.3, 0.4) is 0 Å². The van der Waals surface area contributed by atoms with Gasteiger partial charge in [-0.05, 0) is 18.4 Å². The van der Waals surface area contributed by atoms with Gasteiger partial charge in [0.2, 0.25) is 5.91 Å². The highest BCUT2D eigenvalue weighted by atomic mass is 32.2. The van der Waals surface area contributed by atoms with Crippen molar-refractivity contribution >= 4 is 27.5 Å². The summed E-state index contributed by atoms with van der Waals surface area (Å²) in [6, 6.07) is 8.27. The van der Waals surface area contributed by atoms with E-state index >= 15 is 0 Å². The molecule has 2 heterocycles. The first kappa shape index (κ1) is 24.6. The van der Waals surface area contributed by atoms with Crippen LogP contribution in [0, 0.1) is 0 Å². The maximum atomic E-state index is 13.2. The summed E-state index contributed by atoms with van der Waals surface area (Å²) in [4.78, 5) is 18.7. The molecule has 0 N–H and O–H groups in total. The van der Waals surface area contributed by atoms with Crippen molar-refractivity contribution < 1.29 is 26.4 Å². The molecule has 0 bridgehead atoms. The Morgan fingerprint density at radius 3 is 2.59 bits per heavy atom. The van der Waals surface area contributed by atoms with Gasteiger partial charge in [0.05, 0.1) is 29.1 Å². The number of imidazole rings is 1. The second-order valence-corrected chi connectivity index (χ2v) is 11.0. The molecule has 2 aromatic rings. The summed E-state index contributed by atoms with van der Waals surface area (Å²) in [5.41, 5.74) is 0.922. The Hall–Kier alpha value is -2.01. The van der Waals surface area contributed by atoms with Gasteiger partial charge in [-0.2, -0.15) is 13.2 Å². The minimum Gasteiger partial charge on any atom is -0.338 e. The fraction of sp³-hybridized carbons (Fsp3) is 0.524. The molecular weight excluding hydrogens is 463 g/mol. The second-order valence-electron chi connectivity index (χ2n) is 7.78. The zero-order chi connectivity index (χ0) is 23.4. The number of aromatic nitrogens is 2. The molecule has 0 radical (unpaired) electrons. The van der Waals surface area contributed by atoms with Crippen molar-refractivity contribution in [3.8, 4) is 11.3 Å². The quantitative estimate of drug-likeness (QED) is 0.498. The normalized spacial score (nSPS) is 18.1. The minimum absolute atomic E-state index is 0.0527. The van der Waals surface area contributed by atoms with Gasteiger partial charge >= 0.3 is 6.18 Å². The van der Waals surface area contributed by atoms with Crippen LogP contribution in [0.5, 0.6) is 0 Å². The summed E-state index contributed by atoms with van der Waals surface area (Å²) in [6.45, 7) is 1.19. The largest absolute Gasteiger partial charge is 0.406 e. The van der Waals surface area contributed by atoms with E-state index in [1.54, 1.807) is 35.2 Å². The molecule has 1 saturated heterocycles. The lowest BCUT2D eigenvalue weighted by Gasteiger charge is -2.28.